The fourth-order valence-corrected chi connectivity index (χ4v) is 4.99. The largest absolute Gasteiger partial charge is 0.363 e. The van der Waals surface area contributed by atoms with E-state index in [0.717, 1.165) is 53.2 Å². The summed E-state index contributed by atoms with van der Waals surface area (Å²) in [5, 5.41) is 15.7. The van der Waals surface area contributed by atoms with Crippen molar-refractivity contribution in [3.05, 3.63) is 72.1 Å². The molecule has 2 aliphatic rings. The molecule has 0 bridgehead atoms. The number of fused-ring (bicyclic) bond motifs is 2. The van der Waals surface area contributed by atoms with Crippen molar-refractivity contribution in [3.63, 3.8) is 0 Å². The number of anilines is 3. The van der Waals surface area contributed by atoms with Gasteiger partial charge in [-0.25, -0.2) is 9.97 Å². The summed E-state index contributed by atoms with van der Waals surface area (Å²) in [5.41, 5.74) is 6.67. The number of pyridine rings is 1. The summed E-state index contributed by atoms with van der Waals surface area (Å²) in [6.45, 7) is 4.12. The van der Waals surface area contributed by atoms with Crippen molar-refractivity contribution < 1.29 is 4.79 Å². The number of benzene rings is 1. The van der Waals surface area contributed by atoms with Crippen molar-refractivity contribution in [2.45, 2.75) is 38.8 Å². The summed E-state index contributed by atoms with van der Waals surface area (Å²) in [6, 6.07) is 8.45. The van der Waals surface area contributed by atoms with Gasteiger partial charge in [-0.3, -0.25) is 9.89 Å². The van der Waals surface area contributed by atoms with Gasteiger partial charge in [-0.1, -0.05) is 6.08 Å². The number of carbonyl (C=O) groups excluding carboxylic acids is 1. The van der Waals surface area contributed by atoms with Crippen LogP contribution in [-0.4, -0.2) is 54.7 Å². The van der Waals surface area contributed by atoms with Crippen LogP contribution in [-0.2, 0) is 17.8 Å². The molecule has 3 N–H and O–H groups in total. The molecule has 9 nitrogen and oxygen atoms in total. The number of carbonyl (C=O) groups is 1. The highest BCUT2D eigenvalue weighted by Crippen LogP contribution is 2.35. The second kappa shape index (κ2) is 8.90. The zero-order chi connectivity index (χ0) is 23.8. The van der Waals surface area contributed by atoms with Gasteiger partial charge in [0.1, 0.15) is 5.82 Å². The highest BCUT2D eigenvalue weighted by molar-refractivity contribution is 5.86. The first kappa shape index (κ1) is 21.4. The molecule has 6 rings (SSSR count). The third kappa shape index (κ3) is 4.25. The van der Waals surface area contributed by atoms with E-state index in [2.05, 4.69) is 49.0 Å². The van der Waals surface area contributed by atoms with Crippen LogP contribution in [0.15, 0.2) is 60.8 Å². The molecule has 4 aromatic rings. The quantitative estimate of drug-likeness (QED) is 0.372. The number of nitrogens with zero attached hydrogens (tertiary/aromatic N) is 5. The van der Waals surface area contributed by atoms with Gasteiger partial charge in [0, 0.05) is 79.1 Å². The Hall–Kier alpha value is -4.14. The van der Waals surface area contributed by atoms with Gasteiger partial charge in [0.15, 0.2) is 0 Å². The Labute approximate surface area is 203 Å². The lowest BCUT2D eigenvalue weighted by atomic mass is 9.97. The van der Waals surface area contributed by atoms with Crippen molar-refractivity contribution in [2.75, 3.05) is 23.7 Å². The Balaban J connectivity index is 1.11. The van der Waals surface area contributed by atoms with Crippen LogP contribution in [0.5, 0.6) is 0 Å². The van der Waals surface area contributed by atoms with Crippen molar-refractivity contribution in [1.82, 2.24) is 29.6 Å². The zero-order valence-corrected chi connectivity index (χ0v) is 19.7. The standard InChI is InChI=1S/C26H28N8O/c1-17-20-14-19(2-3-23(20)32-31-17)29-22-4-8-28-26-21(22)15-24(30-26)18-5-11-34(12-6-18)25(35)7-10-33-13-9-27-16-33/h2-5,8-9,13-14,16,24H,6-7,10-12,15H2,1H3,(H,31,32)(H2,28,29,30). The van der Waals surface area contributed by atoms with Gasteiger partial charge >= 0.3 is 0 Å². The lowest BCUT2D eigenvalue weighted by Gasteiger charge is -2.29. The first-order chi connectivity index (χ1) is 17.1. The average Bonchev–Trinajstić information content (AvgIpc) is 3.64. The van der Waals surface area contributed by atoms with E-state index >= 15 is 0 Å². The fraction of sp³-hybridized carbons (Fsp3) is 0.308. The predicted octanol–water partition coefficient (Wildman–Crippen LogP) is 3.79. The molecule has 178 valence electrons. The number of aryl methyl sites for hydroxylation is 2. The molecule has 5 heterocycles. The van der Waals surface area contributed by atoms with Gasteiger partial charge in [0.25, 0.3) is 0 Å². The van der Waals surface area contributed by atoms with Crippen LogP contribution in [0.3, 0.4) is 0 Å². The molecule has 1 atom stereocenters. The molecular formula is C26H28N8O. The molecule has 0 saturated heterocycles. The minimum absolute atomic E-state index is 0.189. The normalized spacial score (nSPS) is 17.2. The van der Waals surface area contributed by atoms with E-state index < -0.39 is 0 Å². The molecule has 2 aliphatic heterocycles. The second-order valence-corrected chi connectivity index (χ2v) is 9.21. The summed E-state index contributed by atoms with van der Waals surface area (Å²) in [6.07, 6.45) is 11.7. The SMILES string of the molecule is Cc1[nH]nc2ccc(Nc3ccnc4c3CC(C3=CCN(C(=O)CCn5ccnc5)CC3)N4)cc12. The molecule has 0 fully saturated rings. The smallest absolute Gasteiger partial charge is 0.224 e. The number of nitrogens with one attached hydrogen (secondary N) is 3. The maximum Gasteiger partial charge on any atom is 0.224 e. The lowest BCUT2D eigenvalue weighted by Crippen LogP contribution is -2.37. The maximum absolute atomic E-state index is 12.6. The van der Waals surface area contributed by atoms with Crippen molar-refractivity contribution in [1.29, 1.82) is 0 Å². The molecule has 1 amide bonds. The molecular weight excluding hydrogens is 440 g/mol. The minimum atomic E-state index is 0.189. The monoisotopic (exact) mass is 468 g/mol. The van der Waals surface area contributed by atoms with E-state index in [1.807, 2.05) is 40.9 Å². The first-order valence-corrected chi connectivity index (χ1v) is 12.0. The fourth-order valence-electron chi connectivity index (χ4n) is 4.99. The van der Waals surface area contributed by atoms with Crippen LogP contribution in [0.1, 0.15) is 24.1 Å². The lowest BCUT2D eigenvalue weighted by molar-refractivity contribution is -0.131. The number of imidazole rings is 1. The summed E-state index contributed by atoms with van der Waals surface area (Å²) in [5.74, 6) is 1.12. The topological polar surface area (TPSA) is 104 Å². The maximum atomic E-state index is 12.6. The van der Waals surface area contributed by atoms with Crippen molar-refractivity contribution >= 4 is 34.0 Å². The number of rotatable bonds is 6. The highest BCUT2D eigenvalue weighted by atomic mass is 16.2. The van der Waals surface area contributed by atoms with E-state index in [1.54, 1.807) is 12.5 Å². The Morgan fingerprint density at radius 1 is 1.26 bits per heavy atom. The molecule has 9 heteroatoms. The molecule has 3 aromatic heterocycles. The summed E-state index contributed by atoms with van der Waals surface area (Å²) < 4.78 is 1.94. The number of hydrogen-bond acceptors (Lipinski definition) is 6. The molecule has 1 unspecified atom stereocenters. The first-order valence-electron chi connectivity index (χ1n) is 12.0. The van der Waals surface area contributed by atoms with Crippen LogP contribution < -0.4 is 10.6 Å². The molecule has 0 aliphatic carbocycles. The Kier molecular flexibility index (Phi) is 5.44. The van der Waals surface area contributed by atoms with Gasteiger partial charge in [-0.2, -0.15) is 5.10 Å². The van der Waals surface area contributed by atoms with Crippen LogP contribution >= 0.6 is 0 Å². The second-order valence-electron chi connectivity index (χ2n) is 9.21. The van der Waals surface area contributed by atoms with Crippen molar-refractivity contribution in [2.24, 2.45) is 0 Å². The summed E-state index contributed by atoms with van der Waals surface area (Å²) in [4.78, 5) is 23.2. The average molecular weight is 469 g/mol. The van der Waals surface area contributed by atoms with Gasteiger partial charge < -0.3 is 20.1 Å². The van der Waals surface area contributed by atoms with E-state index in [0.29, 0.717) is 19.5 Å². The van der Waals surface area contributed by atoms with Crippen LogP contribution in [0.4, 0.5) is 17.2 Å². The zero-order valence-electron chi connectivity index (χ0n) is 19.7. The molecule has 0 radical (unpaired) electrons. The minimum Gasteiger partial charge on any atom is -0.363 e. The molecule has 0 saturated carbocycles. The number of H-pyrrole nitrogens is 1. The number of aromatic amines is 1. The summed E-state index contributed by atoms with van der Waals surface area (Å²) >= 11 is 0. The van der Waals surface area contributed by atoms with Gasteiger partial charge in [0.05, 0.1) is 17.9 Å². The molecule has 1 aromatic carbocycles. The van der Waals surface area contributed by atoms with Crippen molar-refractivity contribution in [3.8, 4) is 0 Å². The van der Waals surface area contributed by atoms with Gasteiger partial charge in [-0.15, -0.1) is 0 Å². The third-order valence-electron chi connectivity index (χ3n) is 6.99. The molecule has 0 spiro atoms. The van der Waals surface area contributed by atoms with E-state index in [9.17, 15) is 4.79 Å². The Bertz CT molecular complexity index is 1400. The molecule has 35 heavy (non-hydrogen) atoms. The number of aromatic nitrogens is 5. The van der Waals surface area contributed by atoms with Gasteiger partial charge in [0.2, 0.25) is 5.91 Å². The van der Waals surface area contributed by atoms with E-state index in [-0.39, 0.29) is 11.9 Å². The predicted molar refractivity (Wildman–Crippen MR) is 136 cm³/mol. The number of hydrogen-bond donors (Lipinski definition) is 3. The van der Waals surface area contributed by atoms with Crippen LogP contribution in [0.2, 0.25) is 0 Å². The Morgan fingerprint density at radius 2 is 2.20 bits per heavy atom. The highest BCUT2D eigenvalue weighted by Gasteiger charge is 2.29. The van der Waals surface area contributed by atoms with Crippen LogP contribution in [0, 0.1) is 6.92 Å². The Morgan fingerprint density at radius 3 is 3.03 bits per heavy atom. The van der Waals surface area contributed by atoms with Gasteiger partial charge in [-0.05, 0) is 43.2 Å². The summed E-state index contributed by atoms with van der Waals surface area (Å²) in [7, 11) is 0. The number of amides is 1. The van der Waals surface area contributed by atoms with Crippen LogP contribution in [0.25, 0.3) is 10.9 Å². The van der Waals surface area contributed by atoms with E-state index in [4.69, 9.17) is 0 Å². The van der Waals surface area contributed by atoms with E-state index in [1.165, 1.54) is 11.1 Å². The third-order valence-corrected chi connectivity index (χ3v) is 6.99.